The fourth-order valence-corrected chi connectivity index (χ4v) is 4.82. The van der Waals surface area contributed by atoms with Crippen molar-refractivity contribution in [3.05, 3.63) is 35.6 Å². The topological polar surface area (TPSA) is 69.7 Å². The molecular formula is C17H26FN3O3S2. The number of thioether (sulfide) groups is 1. The molecule has 1 aromatic rings. The van der Waals surface area contributed by atoms with Crippen LogP contribution in [0.4, 0.5) is 4.39 Å². The largest absolute Gasteiger partial charge is 0.355 e. The van der Waals surface area contributed by atoms with Gasteiger partial charge in [0.25, 0.3) is 10.2 Å². The summed E-state index contributed by atoms with van der Waals surface area (Å²) in [7, 11) is -0.499. The van der Waals surface area contributed by atoms with Crippen molar-refractivity contribution < 1.29 is 17.6 Å². The first kappa shape index (κ1) is 21.1. The highest BCUT2D eigenvalue weighted by molar-refractivity contribution is 7.98. The molecule has 1 saturated heterocycles. The van der Waals surface area contributed by atoms with Crippen molar-refractivity contribution in [1.82, 2.24) is 13.9 Å². The van der Waals surface area contributed by atoms with Crippen LogP contribution in [0.5, 0.6) is 0 Å². The summed E-state index contributed by atoms with van der Waals surface area (Å²) in [5, 5.41) is 2.87. The molecule has 1 aliphatic rings. The van der Waals surface area contributed by atoms with Gasteiger partial charge in [-0.05, 0) is 24.5 Å². The van der Waals surface area contributed by atoms with Gasteiger partial charge in [0.15, 0.2) is 0 Å². The molecule has 1 unspecified atom stereocenters. The van der Waals surface area contributed by atoms with Crippen LogP contribution < -0.4 is 5.32 Å². The van der Waals surface area contributed by atoms with Crippen molar-refractivity contribution in [1.29, 1.82) is 0 Å². The molecule has 1 fully saturated rings. The quantitative estimate of drug-likeness (QED) is 0.671. The molecule has 6 nitrogen and oxygen atoms in total. The molecule has 146 valence electrons. The number of hydrogen-bond donors (Lipinski definition) is 1. The van der Waals surface area contributed by atoms with Crippen molar-refractivity contribution in [3.63, 3.8) is 0 Å². The van der Waals surface area contributed by atoms with Gasteiger partial charge in [0.05, 0.1) is 5.92 Å². The molecule has 1 amide bonds. The van der Waals surface area contributed by atoms with Gasteiger partial charge in [0.2, 0.25) is 5.91 Å². The van der Waals surface area contributed by atoms with Crippen molar-refractivity contribution in [2.24, 2.45) is 5.92 Å². The summed E-state index contributed by atoms with van der Waals surface area (Å²) in [4.78, 5) is 12.3. The monoisotopic (exact) mass is 403 g/mol. The lowest BCUT2D eigenvalue weighted by Crippen LogP contribution is -2.49. The Morgan fingerprint density at radius 1 is 1.38 bits per heavy atom. The highest BCUT2D eigenvalue weighted by atomic mass is 32.2. The van der Waals surface area contributed by atoms with Crippen molar-refractivity contribution in [2.45, 2.75) is 18.6 Å². The third-order valence-corrected chi connectivity index (χ3v) is 7.22. The van der Waals surface area contributed by atoms with E-state index in [9.17, 15) is 17.6 Å². The zero-order chi connectivity index (χ0) is 19.2. The number of halogens is 1. The van der Waals surface area contributed by atoms with Gasteiger partial charge in [0, 0.05) is 45.2 Å². The first-order valence-corrected chi connectivity index (χ1v) is 11.1. The zero-order valence-electron chi connectivity index (χ0n) is 15.2. The van der Waals surface area contributed by atoms with Crippen LogP contribution in [0.25, 0.3) is 0 Å². The van der Waals surface area contributed by atoms with Gasteiger partial charge < -0.3 is 5.32 Å². The second kappa shape index (κ2) is 9.68. The molecule has 0 bridgehead atoms. The highest BCUT2D eigenvalue weighted by Crippen LogP contribution is 2.20. The number of hydrogen-bond acceptors (Lipinski definition) is 4. The minimum absolute atomic E-state index is 0.116. The molecule has 1 N–H and O–H groups in total. The second-order valence-electron chi connectivity index (χ2n) is 6.42. The van der Waals surface area contributed by atoms with Gasteiger partial charge in [-0.1, -0.05) is 18.2 Å². The molecule has 1 heterocycles. The molecule has 2 rings (SSSR count). The zero-order valence-corrected chi connectivity index (χ0v) is 16.8. The Morgan fingerprint density at radius 3 is 2.81 bits per heavy atom. The highest BCUT2D eigenvalue weighted by Gasteiger charge is 2.33. The van der Waals surface area contributed by atoms with E-state index in [1.807, 2.05) is 0 Å². The number of carbonyl (C=O) groups excluding carboxylic acids is 1. The first-order valence-electron chi connectivity index (χ1n) is 8.59. The Labute approximate surface area is 159 Å². The van der Waals surface area contributed by atoms with Gasteiger partial charge in [0.1, 0.15) is 5.82 Å². The lowest BCUT2D eigenvalue weighted by atomic mass is 9.99. The summed E-state index contributed by atoms with van der Waals surface area (Å²) in [6.07, 6.45) is 1.36. The van der Waals surface area contributed by atoms with Crippen molar-refractivity contribution >= 4 is 27.9 Å². The lowest BCUT2D eigenvalue weighted by Gasteiger charge is -2.32. The maximum atomic E-state index is 13.5. The number of piperidine rings is 1. The van der Waals surface area contributed by atoms with E-state index >= 15 is 0 Å². The van der Waals surface area contributed by atoms with Gasteiger partial charge in [-0.2, -0.15) is 28.8 Å². The molecule has 0 aromatic heterocycles. The van der Waals surface area contributed by atoms with E-state index in [0.29, 0.717) is 43.0 Å². The number of rotatable bonds is 8. The van der Waals surface area contributed by atoms with Crippen LogP contribution in [0.15, 0.2) is 24.3 Å². The van der Waals surface area contributed by atoms with Gasteiger partial charge in [-0.3, -0.25) is 4.79 Å². The molecule has 0 radical (unpaired) electrons. The van der Waals surface area contributed by atoms with Crippen LogP contribution in [0.2, 0.25) is 0 Å². The van der Waals surface area contributed by atoms with Crippen LogP contribution >= 0.6 is 11.8 Å². The summed E-state index contributed by atoms with van der Waals surface area (Å²) in [5.41, 5.74) is 0.653. The Balaban J connectivity index is 1.73. The Bertz CT molecular complexity index is 713. The Hall–Kier alpha value is -1.16. The second-order valence-corrected chi connectivity index (χ2v) is 9.67. The molecule has 9 heteroatoms. The third kappa shape index (κ3) is 5.67. The Morgan fingerprint density at radius 2 is 2.12 bits per heavy atom. The van der Waals surface area contributed by atoms with E-state index in [2.05, 4.69) is 5.32 Å². The van der Waals surface area contributed by atoms with E-state index in [-0.39, 0.29) is 24.2 Å². The summed E-state index contributed by atoms with van der Waals surface area (Å²) < 4.78 is 40.5. The molecular weight excluding hydrogens is 377 g/mol. The summed E-state index contributed by atoms with van der Waals surface area (Å²) >= 11 is 1.55. The number of nitrogens with one attached hydrogen (secondary N) is 1. The van der Waals surface area contributed by atoms with Crippen LogP contribution in [-0.4, -0.2) is 62.4 Å². The van der Waals surface area contributed by atoms with Crippen molar-refractivity contribution in [2.75, 3.05) is 39.5 Å². The minimum Gasteiger partial charge on any atom is -0.355 e. The van der Waals surface area contributed by atoms with Gasteiger partial charge in [-0.15, -0.1) is 0 Å². The SMILES string of the molecule is CN(C)S(=O)(=O)N1CCCC(C(=O)NCCSCc2ccccc2F)C1. The van der Waals surface area contributed by atoms with E-state index in [4.69, 9.17) is 0 Å². The average molecular weight is 404 g/mol. The maximum Gasteiger partial charge on any atom is 0.281 e. The molecule has 1 aliphatic heterocycles. The first-order chi connectivity index (χ1) is 12.3. The third-order valence-electron chi connectivity index (χ3n) is 4.30. The fourth-order valence-electron chi connectivity index (χ4n) is 2.79. The minimum atomic E-state index is -3.48. The average Bonchev–Trinajstić information content (AvgIpc) is 2.62. The van der Waals surface area contributed by atoms with Crippen molar-refractivity contribution in [3.8, 4) is 0 Å². The van der Waals surface area contributed by atoms with Gasteiger partial charge in [-0.25, -0.2) is 4.39 Å². The van der Waals surface area contributed by atoms with Gasteiger partial charge >= 0.3 is 0 Å². The summed E-state index contributed by atoms with van der Waals surface area (Å²) in [5.74, 6) is 0.575. The molecule has 26 heavy (non-hydrogen) atoms. The summed E-state index contributed by atoms with van der Waals surface area (Å²) in [6.45, 7) is 1.15. The smallest absolute Gasteiger partial charge is 0.281 e. The normalized spacial score (nSPS) is 18.8. The lowest BCUT2D eigenvalue weighted by molar-refractivity contribution is -0.125. The number of amides is 1. The summed E-state index contributed by atoms with van der Waals surface area (Å²) in [6, 6.07) is 6.65. The predicted molar refractivity (Wildman–Crippen MR) is 102 cm³/mol. The van der Waals surface area contributed by atoms with E-state index < -0.39 is 10.2 Å². The Kier molecular flexibility index (Phi) is 7.87. The molecule has 0 spiro atoms. The van der Waals surface area contributed by atoms with Crippen LogP contribution in [-0.2, 0) is 20.8 Å². The molecule has 0 saturated carbocycles. The molecule has 0 aliphatic carbocycles. The van der Waals surface area contributed by atoms with E-state index in [1.165, 1.54) is 28.8 Å². The standard InChI is InChI=1S/C17H26FN3O3S2/c1-20(2)26(23,24)21-10-5-7-14(12-21)17(22)19-9-11-25-13-15-6-3-4-8-16(15)18/h3-4,6,8,14H,5,7,9-13H2,1-2H3,(H,19,22). The molecule has 1 atom stereocenters. The van der Waals surface area contributed by atoms with E-state index in [1.54, 1.807) is 30.0 Å². The van der Waals surface area contributed by atoms with Crippen LogP contribution in [0, 0.1) is 11.7 Å². The number of nitrogens with zero attached hydrogens (tertiary/aromatic N) is 2. The van der Waals surface area contributed by atoms with Crippen LogP contribution in [0.1, 0.15) is 18.4 Å². The predicted octanol–water partition coefficient (Wildman–Crippen LogP) is 1.69. The molecule has 1 aromatic carbocycles. The fraction of sp³-hybridized carbons (Fsp3) is 0.588. The number of benzene rings is 1. The van der Waals surface area contributed by atoms with Crippen LogP contribution in [0.3, 0.4) is 0 Å². The number of carbonyl (C=O) groups is 1. The maximum absolute atomic E-state index is 13.5. The van der Waals surface area contributed by atoms with E-state index in [0.717, 1.165) is 0 Å².